The fourth-order valence-corrected chi connectivity index (χ4v) is 3.48. The standard InChI is InChI=1S/C20H31N3O2/c1-3-17-6-4-7-18(14-17)25-19-15-23(16-19)20(24)8-11-22-10-5-9-21(2)12-13-22/h4,6-7,14,19H,3,5,8-13,15-16H2,1-2H3. The van der Waals surface area contributed by atoms with Crippen LogP contribution in [0.3, 0.4) is 0 Å². The maximum Gasteiger partial charge on any atom is 0.224 e. The van der Waals surface area contributed by atoms with Gasteiger partial charge in [-0.1, -0.05) is 19.1 Å². The fourth-order valence-electron chi connectivity index (χ4n) is 3.48. The third-order valence-electron chi connectivity index (χ3n) is 5.26. The number of likely N-dealkylation sites (N-methyl/N-ethyl adjacent to an activating group) is 1. The molecule has 2 aliphatic rings. The molecule has 0 aliphatic carbocycles. The van der Waals surface area contributed by atoms with E-state index in [0.29, 0.717) is 6.42 Å². The number of nitrogens with zero attached hydrogens (tertiary/aromatic N) is 3. The molecule has 2 fully saturated rings. The summed E-state index contributed by atoms with van der Waals surface area (Å²) >= 11 is 0. The Morgan fingerprint density at radius 1 is 1.20 bits per heavy atom. The van der Waals surface area contributed by atoms with E-state index >= 15 is 0 Å². The zero-order valence-corrected chi connectivity index (χ0v) is 15.6. The molecule has 0 unspecified atom stereocenters. The van der Waals surface area contributed by atoms with Gasteiger partial charge in [0.25, 0.3) is 0 Å². The molecule has 1 aromatic rings. The third kappa shape index (κ3) is 5.19. The predicted molar refractivity (Wildman–Crippen MR) is 100.0 cm³/mol. The molecule has 5 heteroatoms. The minimum Gasteiger partial charge on any atom is -0.487 e. The Kier molecular flexibility index (Phi) is 6.32. The van der Waals surface area contributed by atoms with E-state index in [-0.39, 0.29) is 12.0 Å². The first-order chi connectivity index (χ1) is 12.1. The van der Waals surface area contributed by atoms with E-state index in [1.54, 1.807) is 0 Å². The Bertz CT molecular complexity index is 572. The second-order valence-electron chi connectivity index (χ2n) is 7.29. The maximum atomic E-state index is 12.3. The quantitative estimate of drug-likeness (QED) is 0.789. The summed E-state index contributed by atoms with van der Waals surface area (Å²) in [7, 11) is 2.17. The molecule has 0 radical (unpaired) electrons. The van der Waals surface area contributed by atoms with Gasteiger partial charge in [0.2, 0.25) is 5.91 Å². The molecule has 0 N–H and O–H groups in total. The summed E-state index contributed by atoms with van der Waals surface area (Å²) < 4.78 is 5.99. The van der Waals surface area contributed by atoms with Gasteiger partial charge in [0.05, 0.1) is 13.1 Å². The summed E-state index contributed by atoms with van der Waals surface area (Å²) in [5.41, 5.74) is 1.29. The minimum atomic E-state index is 0.142. The molecule has 2 heterocycles. The molecular formula is C20H31N3O2. The highest BCUT2D eigenvalue weighted by Crippen LogP contribution is 2.20. The van der Waals surface area contributed by atoms with Crippen LogP contribution in [-0.2, 0) is 11.2 Å². The normalized spacial score (nSPS) is 20.2. The van der Waals surface area contributed by atoms with Gasteiger partial charge in [-0.25, -0.2) is 0 Å². The van der Waals surface area contributed by atoms with Crippen LogP contribution in [0.15, 0.2) is 24.3 Å². The molecule has 0 atom stereocenters. The summed E-state index contributed by atoms with van der Waals surface area (Å²) in [6.07, 6.45) is 2.98. The summed E-state index contributed by atoms with van der Waals surface area (Å²) in [6, 6.07) is 8.25. The SMILES string of the molecule is CCc1cccc(OC2CN(C(=O)CCN3CCCN(C)CC3)C2)c1. The highest BCUT2D eigenvalue weighted by atomic mass is 16.5. The first-order valence-electron chi connectivity index (χ1n) is 9.58. The van der Waals surface area contributed by atoms with Crippen molar-refractivity contribution in [3.05, 3.63) is 29.8 Å². The van der Waals surface area contributed by atoms with Crippen LogP contribution < -0.4 is 4.74 Å². The highest BCUT2D eigenvalue weighted by molar-refractivity contribution is 5.77. The van der Waals surface area contributed by atoms with E-state index in [4.69, 9.17) is 4.74 Å². The smallest absolute Gasteiger partial charge is 0.224 e. The topological polar surface area (TPSA) is 36.0 Å². The van der Waals surface area contributed by atoms with E-state index in [1.165, 1.54) is 12.0 Å². The van der Waals surface area contributed by atoms with Crippen molar-refractivity contribution in [2.24, 2.45) is 0 Å². The van der Waals surface area contributed by atoms with Crippen LogP contribution in [-0.4, -0.2) is 79.6 Å². The molecule has 25 heavy (non-hydrogen) atoms. The largest absolute Gasteiger partial charge is 0.487 e. The first-order valence-corrected chi connectivity index (χ1v) is 9.58. The zero-order chi connectivity index (χ0) is 17.6. The monoisotopic (exact) mass is 345 g/mol. The van der Waals surface area contributed by atoms with Crippen molar-refractivity contribution in [3.63, 3.8) is 0 Å². The van der Waals surface area contributed by atoms with E-state index < -0.39 is 0 Å². The summed E-state index contributed by atoms with van der Waals surface area (Å²) in [5, 5.41) is 0. The molecule has 2 saturated heterocycles. The third-order valence-corrected chi connectivity index (χ3v) is 5.26. The molecule has 0 saturated carbocycles. The fraction of sp³-hybridized carbons (Fsp3) is 0.650. The molecule has 1 aromatic carbocycles. The summed E-state index contributed by atoms with van der Waals surface area (Å²) in [6.45, 7) is 8.91. The number of benzene rings is 1. The van der Waals surface area contributed by atoms with Gasteiger partial charge in [-0.05, 0) is 50.7 Å². The van der Waals surface area contributed by atoms with Gasteiger partial charge in [0.15, 0.2) is 0 Å². The number of hydrogen-bond acceptors (Lipinski definition) is 4. The average molecular weight is 345 g/mol. The van der Waals surface area contributed by atoms with E-state index in [2.05, 4.69) is 35.9 Å². The van der Waals surface area contributed by atoms with Gasteiger partial charge < -0.3 is 19.4 Å². The number of rotatable bonds is 6. The van der Waals surface area contributed by atoms with Crippen molar-refractivity contribution in [2.45, 2.75) is 32.3 Å². The lowest BCUT2D eigenvalue weighted by Crippen LogP contribution is -2.56. The molecule has 2 aliphatic heterocycles. The lowest BCUT2D eigenvalue weighted by molar-refractivity contribution is -0.140. The molecule has 0 aromatic heterocycles. The maximum absolute atomic E-state index is 12.3. The lowest BCUT2D eigenvalue weighted by atomic mass is 10.1. The van der Waals surface area contributed by atoms with Gasteiger partial charge in [0, 0.05) is 26.1 Å². The van der Waals surface area contributed by atoms with Crippen LogP contribution in [0.4, 0.5) is 0 Å². The molecule has 0 spiro atoms. The van der Waals surface area contributed by atoms with Gasteiger partial charge in [0.1, 0.15) is 11.9 Å². The van der Waals surface area contributed by atoms with Gasteiger partial charge >= 0.3 is 0 Å². The van der Waals surface area contributed by atoms with Gasteiger partial charge in [-0.3, -0.25) is 4.79 Å². The van der Waals surface area contributed by atoms with Crippen molar-refractivity contribution in [1.29, 1.82) is 0 Å². The van der Waals surface area contributed by atoms with Crippen LogP contribution in [0.25, 0.3) is 0 Å². The number of ether oxygens (including phenoxy) is 1. The number of carbonyl (C=O) groups excluding carboxylic acids is 1. The zero-order valence-electron chi connectivity index (χ0n) is 15.6. The van der Waals surface area contributed by atoms with Crippen LogP contribution in [0, 0.1) is 0 Å². The van der Waals surface area contributed by atoms with Crippen molar-refractivity contribution in [2.75, 3.05) is 52.9 Å². The highest BCUT2D eigenvalue weighted by Gasteiger charge is 2.32. The minimum absolute atomic E-state index is 0.142. The van der Waals surface area contributed by atoms with Gasteiger partial charge in [-0.15, -0.1) is 0 Å². The predicted octanol–water partition coefficient (Wildman–Crippen LogP) is 1.87. The van der Waals surface area contributed by atoms with E-state index in [0.717, 1.165) is 58.0 Å². The Morgan fingerprint density at radius 2 is 2.04 bits per heavy atom. The number of carbonyl (C=O) groups is 1. The van der Waals surface area contributed by atoms with E-state index in [9.17, 15) is 4.79 Å². The number of aryl methyl sites for hydroxylation is 1. The summed E-state index contributed by atoms with van der Waals surface area (Å²) in [5.74, 6) is 1.19. The second kappa shape index (κ2) is 8.68. The van der Waals surface area contributed by atoms with Crippen molar-refractivity contribution < 1.29 is 9.53 Å². The molecule has 1 amide bonds. The average Bonchev–Trinajstić information content (AvgIpc) is 2.80. The van der Waals surface area contributed by atoms with Crippen LogP contribution in [0.2, 0.25) is 0 Å². The molecular weight excluding hydrogens is 314 g/mol. The Balaban J connectivity index is 1.36. The second-order valence-corrected chi connectivity index (χ2v) is 7.29. The number of hydrogen-bond donors (Lipinski definition) is 0. The first kappa shape index (κ1) is 18.2. The van der Waals surface area contributed by atoms with Crippen molar-refractivity contribution in [1.82, 2.24) is 14.7 Å². The number of likely N-dealkylation sites (tertiary alicyclic amines) is 1. The van der Waals surface area contributed by atoms with E-state index in [1.807, 2.05) is 17.0 Å². The molecule has 0 bridgehead atoms. The van der Waals surface area contributed by atoms with Crippen molar-refractivity contribution >= 4 is 5.91 Å². The van der Waals surface area contributed by atoms with Crippen LogP contribution in [0.5, 0.6) is 5.75 Å². The van der Waals surface area contributed by atoms with Crippen molar-refractivity contribution in [3.8, 4) is 5.75 Å². The molecule has 138 valence electrons. The Labute approximate surface area is 151 Å². The summed E-state index contributed by atoms with van der Waals surface area (Å²) in [4.78, 5) is 19.1. The molecule has 5 nitrogen and oxygen atoms in total. The number of amides is 1. The van der Waals surface area contributed by atoms with Crippen LogP contribution >= 0.6 is 0 Å². The van der Waals surface area contributed by atoms with Gasteiger partial charge in [-0.2, -0.15) is 0 Å². The lowest BCUT2D eigenvalue weighted by Gasteiger charge is -2.39. The Hall–Kier alpha value is -1.59. The van der Waals surface area contributed by atoms with Crippen LogP contribution in [0.1, 0.15) is 25.3 Å². The Morgan fingerprint density at radius 3 is 2.84 bits per heavy atom. The molecule has 3 rings (SSSR count).